The maximum absolute atomic E-state index is 9.22. The van der Waals surface area contributed by atoms with Gasteiger partial charge in [-0.15, -0.1) is 0 Å². The number of hydrogen-bond donors (Lipinski definition) is 0. The van der Waals surface area contributed by atoms with Crippen LogP contribution in [0.2, 0.25) is 0 Å². The molecule has 21 heavy (non-hydrogen) atoms. The van der Waals surface area contributed by atoms with E-state index in [9.17, 15) is 5.26 Å². The van der Waals surface area contributed by atoms with Gasteiger partial charge < -0.3 is 9.80 Å². The van der Waals surface area contributed by atoms with Crippen LogP contribution in [0, 0.1) is 18.3 Å². The lowest BCUT2D eigenvalue weighted by Gasteiger charge is -2.35. The molecule has 0 bridgehead atoms. The maximum Gasteiger partial charge on any atom is 0.225 e. The first kappa shape index (κ1) is 13.3. The maximum atomic E-state index is 9.22. The fourth-order valence-corrected chi connectivity index (χ4v) is 2.44. The number of aryl methyl sites for hydroxylation is 1. The summed E-state index contributed by atoms with van der Waals surface area (Å²) in [6.07, 6.45) is 3.51. The molecule has 0 aromatic carbocycles. The molecule has 0 unspecified atom stereocenters. The van der Waals surface area contributed by atoms with Gasteiger partial charge in [0.25, 0.3) is 0 Å². The van der Waals surface area contributed by atoms with Crippen LogP contribution in [0.1, 0.15) is 11.3 Å². The SMILES string of the molecule is Cc1ccc(C#N)c(N2CCN(c3ncccn3)CC2)n1. The Morgan fingerprint density at radius 1 is 1.05 bits per heavy atom. The van der Waals surface area contributed by atoms with Gasteiger partial charge in [0.2, 0.25) is 5.95 Å². The molecule has 1 aliphatic heterocycles. The number of nitrogens with zero attached hydrogens (tertiary/aromatic N) is 6. The topological polar surface area (TPSA) is 68.9 Å². The van der Waals surface area contributed by atoms with E-state index in [-0.39, 0.29) is 0 Å². The van der Waals surface area contributed by atoms with E-state index in [4.69, 9.17) is 0 Å². The molecule has 3 rings (SSSR count). The minimum Gasteiger partial charge on any atom is -0.352 e. The summed E-state index contributed by atoms with van der Waals surface area (Å²) in [5, 5.41) is 9.22. The lowest BCUT2D eigenvalue weighted by atomic mass is 10.2. The molecule has 2 aromatic rings. The summed E-state index contributed by atoms with van der Waals surface area (Å²) >= 11 is 0. The van der Waals surface area contributed by atoms with Gasteiger partial charge in [-0.3, -0.25) is 0 Å². The first-order valence-electron chi connectivity index (χ1n) is 6.92. The van der Waals surface area contributed by atoms with Gasteiger partial charge in [0.15, 0.2) is 0 Å². The van der Waals surface area contributed by atoms with E-state index in [1.54, 1.807) is 12.4 Å². The minimum absolute atomic E-state index is 0.630. The molecule has 106 valence electrons. The van der Waals surface area contributed by atoms with Gasteiger partial charge in [-0.05, 0) is 25.1 Å². The number of anilines is 2. The van der Waals surface area contributed by atoms with Crippen LogP contribution in [-0.2, 0) is 0 Å². The Morgan fingerprint density at radius 3 is 2.38 bits per heavy atom. The molecule has 0 saturated carbocycles. The van der Waals surface area contributed by atoms with Crippen LogP contribution in [-0.4, -0.2) is 41.1 Å². The Balaban J connectivity index is 1.75. The highest BCUT2D eigenvalue weighted by Crippen LogP contribution is 2.20. The van der Waals surface area contributed by atoms with Crippen molar-refractivity contribution in [2.75, 3.05) is 36.0 Å². The molecular formula is C15H16N6. The third-order valence-corrected chi connectivity index (χ3v) is 3.55. The van der Waals surface area contributed by atoms with E-state index >= 15 is 0 Å². The average Bonchev–Trinajstić information content (AvgIpc) is 2.56. The monoisotopic (exact) mass is 280 g/mol. The predicted octanol–water partition coefficient (Wildman–Crippen LogP) is 1.38. The van der Waals surface area contributed by atoms with Crippen LogP contribution in [0.3, 0.4) is 0 Å². The van der Waals surface area contributed by atoms with Crippen molar-refractivity contribution >= 4 is 11.8 Å². The second kappa shape index (κ2) is 5.75. The number of rotatable bonds is 2. The first-order valence-corrected chi connectivity index (χ1v) is 6.92. The predicted molar refractivity (Wildman–Crippen MR) is 80.1 cm³/mol. The normalized spacial score (nSPS) is 14.9. The summed E-state index contributed by atoms with van der Waals surface area (Å²) in [5.74, 6) is 1.54. The van der Waals surface area contributed by atoms with Gasteiger partial charge in [-0.25, -0.2) is 15.0 Å². The molecule has 1 aliphatic rings. The van der Waals surface area contributed by atoms with Crippen LogP contribution in [0.15, 0.2) is 30.6 Å². The molecule has 0 spiro atoms. The van der Waals surface area contributed by atoms with Crippen molar-refractivity contribution in [3.8, 4) is 6.07 Å². The summed E-state index contributed by atoms with van der Waals surface area (Å²) in [5.41, 5.74) is 1.56. The van der Waals surface area contributed by atoms with Crippen LogP contribution in [0.5, 0.6) is 0 Å². The molecule has 2 aromatic heterocycles. The summed E-state index contributed by atoms with van der Waals surface area (Å²) in [7, 11) is 0. The lowest BCUT2D eigenvalue weighted by Crippen LogP contribution is -2.47. The van der Waals surface area contributed by atoms with Crippen molar-refractivity contribution in [3.05, 3.63) is 41.9 Å². The molecule has 0 amide bonds. The van der Waals surface area contributed by atoms with Crippen molar-refractivity contribution in [2.45, 2.75) is 6.92 Å². The van der Waals surface area contributed by atoms with Gasteiger partial charge in [0.05, 0.1) is 5.56 Å². The highest BCUT2D eigenvalue weighted by molar-refractivity contribution is 5.55. The molecule has 0 aliphatic carbocycles. The van der Waals surface area contributed by atoms with Crippen molar-refractivity contribution in [1.29, 1.82) is 5.26 Å². The van der Waals surface area contributed by atoms with E-state index in [0.717, 1.165) is 43.6 Å². The van der Waals surface area contributed by atoms with Gasteiger partial charge in [-0.2, -0.15) is 5.26 Å². The highest BCUT2D eigenvalue weighted by atomic mass is 15.3. The Hall–Kier alpha value is -2.68. The second-order valence-electron chi connectivity index (χ2n) is 4.96. The molecule has 0 radical (unpaired) electrons. The number of aromatic nitrogens is 3. The zero-order chi connectivity index (χ0) is 14.7. The van der Waals surface area contributed by atoms with E-state index in [0.29, 0.717) is 5.56 Å². The summed E-state index contributed by atoms with van der Waals surface area (Å²) < 4.78 is 0. The van der Waals surface area contributed by atoms with E-state index in [2.05, 4.69) is 30.8 Å². The molecule has 1 saturated heterocycles. The smallest absolute Gasteiger partial charge is 0.225 e. The standard InChI is InChI=1S/C15H16N6/c1-12-3-4-13(11-16)14(19-12)20-7-9-21(10-8-20)15-17-5-2-6-18-15/h2-6H,7-10H2,1H3. The highest BCUT2D eigenvalue weighted by Gasteiger charge is 2.21. The van der Waals surface area contributed by atoms with Crippen LogP contribution >= 0.6 is 0 Å². The van der Waals surface area contributed by atoms with Gasteiger partial charge in [0.1, 0.15) is 11.9 Å². The Kier molecular flexibility index (Phi) is 3.65. The molecule has 0 atom stereocenters. The quantitative estimate of drug-likeness (QED) is 0.827. The van der Waals surface area contributed by atoms with E-state index in [1.807, 2.05) is 25.1 Å². The van der Waals surface area contributed by atoms with Gasteiger partial charge in [-0.1, -0.05) is 0 Å². The number of pyridine rings is 1. The molecule has 6 heteroatoms. The third kappa shape index (κ3) is 2.77. The number of hydrogen-bond acceptors (Lipinski definition) is 6. The minimum atomic E-state index is 0.630. The lowest BCUT2D eigenvalue weighted by molar-refractivity contribution is 0.633. The average molecular weight is 280 g/mol. The third-order valence-electron chi connectivity index (χ3n) is 3.55. The van der Waals surface area contributed by atoms with Crippen LogP contribution in [0.4, 0.5) is 11.8 Å². The fourth-order valence-electron chi connectivity index (χ4n) is 2.44. The summed E-state index contributed by atoms with van der Waals surface area (Å²) in [6.45, 7) is 5.21. The van der Waals surface area contributed by atoms with Crippen molar-refractivity contribution < 1.29 is 0 Å². The van der Waals surface area contributed by atoms with Crippen molar-refractivity contribution in [1.82, 2.24) is 15.0 Å². The fraction of sp³-hybridized carbons (Fsp3) is 0.333. The number of nitriles is 1. The molecule has 1 fully saturated rings. The summed E-state index contributed by atoms with van der Waals surface area (Å²) in [4.78, 5) is 17.4. The molecule has 3 heterocycles. The zero-order valence-electron chi connectivity index (χ0n) is 11.9. The molecular weight excluding hydrogens is 264 g/mol. The zero-order valence-corrected chi connectivity index (χ0v) is 11.9. The largest absolute Gasteiger partial charge is 0.352 e. The Morgan fingerprint density at radius 2 is 1.71 bits per heavy atom. The van der Waals surface area contributed by atoms with Crippen LogP contribution in [0.25, 0.3) is 0 Å². The Bertz CT molecular complexity index is 656. The van der Waals surface area contributed by atoms with Gasteiger partial charge in [0, 0.05) is 44.3 Å². The number of piperazine rings is 1. The molecule has 6 nitrogen and oxygen atoms in total. The molecule has 0 N–H and O–H groups in total. The van der Waals surface area contributed by atoms with Crippen LogP contribution < -0.4 is 9.80 Å². The summed E-state index contributed by atoms with van der Waals surface area (Å²) in [6, 6.07) is 7.74. The van der Waals surface area contributed by atoms with Crippen molar-refractivity contribution in [2.24, 2.45) is 0 Å². The Labute approximate surface area is 123 Å². The second-order valence-corrected chi connectivity index (χ2v) is 4.96. The van der Waals surface area contributed by atoms with Crippen molar-refractivity contribution in [3.63, 3.8) is 0 Å². The van der Waals surface area contributed by atoms with E-state index < -0.39 is 0 Å². The first-order chi connectivity index (χ1) is 10.3. The van der Waals surface area contributed by atoms with Gasteiger partial charge >= 0.3 is 0 Å². The van der Waals surface area contributed by atoms with E-state index in [1.165, 1.54) is 0 Å².